The van der Waals surface area contributed by atoms with Crippen molar-refractivity contribution in [2.24, 2.45) is 22.0 Å². The fourth-order valence-corrected chi connectivity index (χ4v) is 4.61. The zero-order valence-corrected chi connectivity index (χ0v) is 18.9. The Kier molecular flexibility index (Phi) is 9.34. The van der Waals surface area contributed by atoms with E-state index in [1.54, 1.807) is 0 Å². The zero-order chi connectivity index (χ0) is 21.0. The Labute approximate surface area is 183 Å². The molecule has 2 aromatic carbocycles. The molecule has 0 aliphatic heterocycles. The number of unbranched alkanes of at least 4 members (excludes halogenated alkanes) is 2. The van der Waals surface area contributed by atoms with Gasteiger partial charge in [0.1, 0.15) is 0 Å². The molecule has 0 aromatic heterocycles. The van der Waals surface area contributed by atoms with Gasteiger partial charge in [0.05, 0.1) is 11.9 Å². The molecule has 1 fully saturated rings. The number of nitrogens with zero attached hydrogens (tertiary/aromatic N) is 2. The van der Waals surface area contributed by atoms with Crippen molar-refractivity contribution in [3.8, 4) is 0 Å². The molecular formula is C28H38N2. The van der Waals surface area contributed by atoms with Gasteiger partial charge in [-0.2, -0.15) is 10.2 Å². The van der Waals surface area contributed by atoms with E-state index < -0.39 is 0 Å². The van der Waals surface area contributed by atoms with Crippen LogP contribution in [0.25, 0.3) is 0 Å². The molecule has 0 spiro atoms. The summed E-state index contributed by atoms with van der Waals surface area (Å²) >= 11 is 0. The molecule has 1 saturated carbocycles. The second-order valence-corrected chi connectivity index (χ2v) is 8.80. The molecule has 0 amide bonds. The molecule has 160 valence electrons. The Morgan fingerprint density at radius 2 is 1.60 bits per heavy atom. The smallest absolute Gasteiger partial charge is 0.0733 e. The maximum atomic E-state index is 4.76. The molecule has 2 heteroatoms. The number of hydrogen-bond donors (Lipinski definition) is 0. The van der Waals surface area contributed by atoms with Gasteiger partial charge < -0.3 is 0 Å². The van der Waals surface area contributed by atoms with Gasteiger partial charge in [-0.05, 0) is 54.7 Å². The van der Waals surface area contributed by atoms with Crippen molar-refractivity contribution < 1.29 is 0 Å². The van der Waals surface area contributed by atoms with Crippen LogP contribution in [0.1, 0.15) is 88.3 Å². The molecule has 0 N–H and O–H groups in total. The molecule has 0 heterocycles. The second-order valence-electron chi connectivity index (χ2n) is 8.80. The van der Waals surface area contributed by atoms with Crippen molar-refractivity contribution in [3.63, 3.8) is 0 Å². The van der Waals surface area contributed by atoms with Crippen molar-refractivity contribution in [2.75, 3.05) is 0 Å². The lowest BCUT2D eigenvalue weighted by molar-refractivity contribution is 0.299. The van der Waals surface area contributed by atoms with Gasteiger partial charge in [-0.15, -0.1) is 0 Å². The first-order chi connectivity index (χ1) is 14.8. The molecule has 0 bridgehead atoms. The minimum absolute atomic E-state index is 0.527. The van der Waals surface area contributed by atoms with Crippen LogP contribution in [0, 0.1) is 11.8 Å². The normalized spacial score (nSPS) is 20.0. The fourth-order valence-electron chi connectivity index (χ4n) is 4.61. The Morgan fingerprint density at radius 3 is 2.27 bits per heavy atom. The summed E-state index contributed by atoms with van der Waals surface area (Å²) in [5.41, 5.74) is 4.90. The number of rotatable bonds is 10. The van der Waals surface area contributed by atoms with E-state index in [4.69, 9.17) is 5.10 Å². The lowest BCUT2D eigenvalue weighted by Gasteiger charge is -2.29. The van der Waals surface area contributed by atoms with Crippen molar-refractivity contribution in [1.29, 1.82) is 0 Å². The summed E-state index contributed by atoms with van der Waals surface area (Å²) in [6.45, 7) is 4.51. The van der Waals surface area contributed by atoms with Crippen LogP contribution in [0.3, 0.4) is 0 Å². The highest BCUT2D eigenvalue weighted by atomic mass is 15.2. The van der Waals surface area contributed by atoms with Gasteiger partial charge >= 0.3 is 0 Å². The van der Waals surface area contributed by atoms with Crippen molar-refractivity contribution in [2.45, 2.75) is 78.1 Å². The fraction of sp³-hybridized carbons (Fsp3) is 0.500. The lowest BCUT2D eigenvalue weighted by atomic mass is 9.76. The molecule has 0 saturated heterocycles. The van der Waals surface area contributed by atoms with Gasteiger partial charge in [-0.25, -0.2) is 0 Å². The number of hydrogen-bond acceptors (Lipinski definition) is 2. The number of benzene rings is 2. The lowest BCUT2D eigenvalue weighted by Crippen LogP contribution is -2.22. The van der Waals surface area contributed by atoms with Gasteiger partial charge in [0.2, 0.25) is 0 Å². The molecule has 1 aliphatic carbocycles. The third kappa shape index (κ3) is 6.93. The quantitative estimate of drug-likeness (QED) is 0.220. The summed E-state index contributed by atoms with van der Waals surface area (Å²) in [4.78, 5) is 0. The van der Waals surface area contributed by atoms with Crippen molar-refractivity contribution in [3.05, 3.63) is 71.3 Å². The highest BCUT2D eigenvalue weighted by molar-refractivity contribution is 6.02. The predicted octanol–water partition coefficient (Wildman–Crippen LogP) is 7.85. The SMILES string of the molecule is CCCCCC1CCC(C(=NN=Cc2ccc(CCC)cc2)c2ccccc2)CC1. The summed E-state index contributed by atoms with van der Waals surface area (Å²) < 4.78 is 0. The molecule has 3 rings (SSSR count). The first-order valence-electron chi connectivity index (χ1n) is 12.1. The highest BCUT2D eigenvalue weighted by Gasteiger charge is 2.25. The molecular weight excluding hydrogens is 364 g/mol. The van der Waals surface area contributed by atoms with Gasteiger partial charge in [0.15, 0.2) is 0 Å². The van der Waals surface area contributed by atoms with E-state index in [2.05, 4.69) is 73.5 Å². The van der Waals surface area contributed by atoms with E-state index in [0.717, 1.165) is 17.9 Å². The van der Waals surface area contributed by atoms with Crippen molar-refractivity contribution in [1.82, 2.24) is 0 Å². The Balaban J connectivity index is 1.67. The van der Waals surface area contributed by atoms with Crippen LogP contribution >= 0.6 is 0 Å². The summed E-state index contributed by atoms with van der Waals surface area (Å²) in [5, 5.41) is 9.27. The Hall–Kier alpha value is -2.22. The maximum Gasteiger partial charge on any atom is 0.0733 e. The third-order valence-electron chi connectivity index (χ3n) is 6.41. The largest absolute Gasteiger partial charge is 0.158 e. The van der Waals surface area contributed by atoms with E-state index in [1.807, 2.05) is 6.21 Å². The van der Waals surface area contributed by atoms with E-state index in [0.29, 0.717) is 5.92 Å². The minimum Gasteiger partial charge on any atom is -0.158 e. The van der Waals surface area contributed by atoms with Crippen molar-refractivity contribution >= 4 is 11.9 Å². The number of aryl methyl sites for hydroxylation is 1. The molecule has 2 nitrogen and oxygen atoms in total. The molecule has 0 unspecified atom stereocenters. The van der Waals surface area contributed by atoms with E-state index in [-0.39, 0.29) is 0 Å². The predicted molar refractivity (Wildman–Crippen MR) is 131 cm³/mol. The zero-order valence-electron chi connectivity index (χ0n) is 18.9. The summed E-state index contributed by atoms with van der Waals surface area (Å²) in [7, 11) is 0. The van der Waals surface area contributed by atoms with Gasteiger partial charge in [-0.3, -0.25) is 0 Å². The van der Waals surface area contributed by atoms with Crippen LogP contribution in [-0.2, 0) is 6.42 Å². The van der Waals surface area contributed by atoms with E-state index >= 15 is 0 Å². The van der Waals surface area contributed by atoms with Gasteiger partial charge in [-0.1, -0.05) is 101 Å². The van der Waals surface area contributed by atoms with Crippen LogP contribution in [0.2, 0.25) is 0 Å². The topological polar surface area (TPSA) is 24.7 Å². The maximum absolute atomic E-state index is 4.76. The highest BCUT2D eigenvalue weighted by Crippen LogP contribution is 2.34. The standard InChI is InChI=1S/C28H38N2/c1-3-5-7-11-24-18-20-27(21-19-24)28(26-12-8-6-9-13-26)30-29-22-25-16-14-23(10-4-2)15-17-25/h6,8-9,12-17,22,24,27H,3-5,7,10-11,18-21H2,1-2H3. The van der Waals surface area contributed by atoms with E-state index in [1.165, 1.54) is 74.6 Å². The van der Waals surface area contributed by atoms with Crippen LogP contribution in [-0.4, -0.2) is 11.9 Å². The van der Waals surface area contributed by atoms with Crippen LogP contribution in [0.15, 0.2) is 64.8 Å². The Morgan fingerprint density at radius 1 is 0.867 bits per heavy atom. The summed E-state index contributed by atoms with van der Waals surface area (Å²) in [6.07, 6.45) is 14.9. The van der Waals surface area contributed by atoms with Crippen LogP contribution in [0.5, 0.6) is 0 Å². The molecule has 0 atom stereocenters. The van der Waals surface area contributed by atoms with Crippen LogP contribution in [0.4, 0.5) is 0 Å². The average Bonchev–Trinajstić information content (AvgIpc) is 2.79. The first-order valence-corrected chi connectivity index (χ1v) is 12.1. The first kappa shape index (κ1) is 22.5. The van der Waals surface area contributed by atoms with Crippen LogP contribution < -0.4 is 0 Å². The van der Waals surface area contributed by atoms with Gasteiger partial charge in [0.25, 0.3) is 0 Å². The molecule has 30 heavy (non-hydrogen) atoms. The summed E-state index contributed by atoms with van der Waals surface area (Å²) in [5.74, 6) is 1.44. The summed E-state index contributed by atoms with van der Waals surface area (Å²) in [6, 6.07) is 19.4. The minimum atomic E-state index is 0.527. The average molecular weight is 403 g/mol. The molecule has 0 radical (unpaired) electrons. The monoisotopic (exact) mass is 402 g/mol. The van der Waals surface area contributed by atoms with Gasteiger partial charge in [0, 0.05) is 5.92 Å². The Bertz CT molecular complexity index is 781. The second kappa shape index (κ2) is 12.5. The third-order valence-corrected chi connectivity index (χ3v) is 6.41. The molecule has 1 aliphatic rings. The molecule has 2 aromatic rings. The van der Waals surface area contributed by atoms with E-state index in [9.17, 15) is 0 Å².